The minimum atomic E-state index is -0.125. The molecule has 0 fully saturated rings. The van der Waals surface area contributed by atoms with Gasteiger partial charge in [-0.3, -0.25) is 4.79 Å². The lowest BCUT2D eigenvalue weighted by atomic mass is 10.1. The van der Waals surface area contributed by atoms with Crippen molar-refractivity contribution in [3.63, 3.8) is 0 Å². The summed E-state index contributed by atoms with van der Waals surface area (Å²) in [6.45, 7) is 1.92. The van der Waals surface area contributed by atoms with E-state index in [-0.39, 0.29) is 5.91 Å². The Hall–Kier alpha value is -1.43. The maximum atomic E-state index is 12.0. The number of hydrogen-bond acceptors (Lipinski definition) is 2. The zero-order chi connectivity index (χ0) is 12.3. The normalized spacial score (nSPS) is 10.0. The lowest BCUT2D eigenvalue weighted by Crippen LogP contribution is -2.14. The third-order valence-corrected chi connectivity index (χ3v) is 3.02. The summed E-state index contributed by atoms with van der Waals surface area (Å²) in [4.78, 5) is 16.1. The van der Waals surface area contributed by atoms with E-state index in [9.17, 15) is 4.79 Å². The number of halogens is 1. The number of nitrogens with zero attached hydrogens (tertiary/aromatic N) is 1. The Morgan fingerprint density at radius 3 is 2.82 bits per heavy atom. The van der Waals surface area contributed by atoms with Crippen molar-refractivity contribution in [3.8, 4) is 0 Å². The van der Waals surface area contributed by atoms with Crippen LogP contribution in [0.3, 0.4) is 0 Å². The molecular formula is C13H11IN2O. The summed E-state index contributed by atoms with van der Waals surface area (Å²) in [5.74, 6) is 0.440. The van der Waals surface area contributed by atoms with Crippen molar-refractivity contribution in [2.45, 2.75) is 6.92 Å². The maximum absolute atomic E-state index is 12.0. The number of nitrogens with one attached hydrogen (secondary N) is 1. The number of aromatic nitrogens is 1. The molecule has 1 aromatic carbocycles. The number of carbonyl (C=O) groups excluding carboxylic acids is 1. The number of pyridine rings is 1. The van der Waals surface area contributed by atoms with Gasteiger partial charge in [-0.2, -0.15) is 0 Å². The van der Waals surface area contributed by atoms with Gasteiger partial charge in [0.25, 0.3) is 5.91 Å². The standard InChI is InChI=1S/C13H11IN2O/c1-9-5-6-10(14)8-11(9)13(17)16-12-4-2-3-7-15-12/h2-8H,1H3,(H,15,16,17). The van der Waals surface area contributed by atoms with Crippen molar-refractivity contribution in [1.82, 2.24) is 4.98 Å². The molecule has 0 saturated carbocycles. The van der Waals surface area contributed by atoms with Crippen molar-refractivity contribution in [1.29, 1.82) is 0 Å². The van der Waals surface area contributed by atoms with Gasteiger partial charge >= 0.3 is 0 Å². The molecule has 86 valence electrons. The van der Waals surface area contributed by atoms with E-state index in [0.29, 0.717) is 11.4 Å². The predicted octanol–water partition coefficient (Wildman–Crippen LogP) is 3.25. The molecule has 0 aliphatic rings. The molecule has 4 heteroatoms. The molecule has 0 saturated heterocycles. The quantitative estimate of drug-likeness (QED) is 0.854. The fourth-order valence-electron chi connectivity index (χ4n) is 1.46. The van der Waals surface area contributed by atoms with Crippen LogP contribution in [0.1, 0.15) is 15.9 Å². The van der Waals surface area contributed by atoms with Crippen LogP contribution in [0.15, 0.2) is 42.6 Å². The SMILES string of the molecule is Cc1ccc(I)cc1C(=O)Nc1ccccn1. The average molecular weight is 338 g/mol. The van der Waals surface area contributed by atoms with Gasteiger partial charge in [0.1, 0.15) is 5.82 Å². The van der Waals surface area contributed by atoms with Gasteiger partial charge in [-0.25, -0.2) is 4.98 Å². The second-order valence-electron chi connectivity index (χ2n) is 3.63. The second kappa shape index (κ2) is 5.27. The highest BCUT2D eigenvalue weighted by atomic mass is 127. The molecule has 1 heterocycles. The van der Waals surface area contributed by atoms with Crippen LogP contribution in [0.2, 0.25) is 0 Å². The Kier molecular flexibility index (Phi) is 3.73. The zero-order valence-corrected chi connectivity index (χ0v) is 11.4. The van der Waals surface area contributed by atoms with Crippen molar-refractivity contribution in [2.24, 2.45) is 0 Å². The van der Waals surface area contributed by atoms with Gasteiger partial charge in [0.15, 0.2) is 0 Å². The number of aryl methyl sites for hydroxylation is 1. The molecule has 17 heavy (non-hydrogen) atoms. The van der Waals surface area contributed by atoms with E-state index in [0.717, 1.165) is 9.13 Å². The Morgan fingerprint density at radius 1 is 1.29 bits per heavy atom. The van der Waals surface area contributed by atoms with Gasteiger partial charge in [0.2, 0.25) is 0 Å². The maximum Gasteiger partial charge on any atom is 0.257 e. The first kappa shape index (κ1) is 12.0. The zero-order valence-electron chi connectivity index (χ0n) is 9.27. The molecule has 0 aliphatic heterocycles. The minimum Gasteiger partial charge on any atom is -0.307 e. The molecule has 0 bridgehead atoms. The van der Waals surface area contributed by atoms with E-state index in [2.05, 4.69) is 32.9 Å². The van der Waals surface area contributed by atoms with Crippen molar-refractivity contribution < 1.29 is 4.79 Å². The number of carbonyl (C=O) groups is 1. The largest absolute Gasteiger partial charge is 0.307 e. The molecule has 0 aliphatic carbocycles. The Balaban J connectivity index is 2.23. The lowest BCUT2D eigenvalue weighted by molar-refractivity contribution is 0.102. The van der Waals surface area contributed by atoms with Crippen molar-refractivity contribution in [3.05, 3.63) is 57.3 Å². The van der Waals surface area contributed by atoms with Gasteiger partial charge in [0, 0.05) is 15.3 Å². The molecule has 0 radical (unpaired) electrons. The molecule has 2 aromatic rings. The molecule has 0 spiro atoms. The number of rotatable bonds is 2. The highest BCUT2D eigenvalue weighted by Crippen LogP contribution is 2.14. The van der Waals surface area contributed by atoms with Crippen molar-refractivity contribution in [2.75, 3.05) is 5.32 Å². The Bertz CT molecular complexity index is 540. The lowest BCUT2D eigenvalue weighted by Gasteiger charge is -2.07. The molecular weight excluding hydrogens is 327 g/mol. The molecule has 2 rings (SSSR count). The van der Waals surface area contributed by atoms with Crippen LogP contribution in [0.5, 0.6) is 0 Å². The fourth-order valence-corrected chi connectivity index (χ4v) is 1.95. The molecule has 0 atom stereocenters. The Morgan fingerprint density at radius 2 is 2.12 bits per heavy atom. The van der Waals surface area contributed by atoms with Crippen LogP contribution in [0.4, 0.5) is 5.82 Å². The second-order valence-corrected chi connectivity index (χ2v) is 4.87. The van der Waals surface area contributed by atoms with Gasteiger partial charge in [0.05, 0.1) is 0 Å². The molecule has 1 amide bonds. The summed E-state index contributed by atoms with van der Waals surface area (Å²) >= 11 is 2.19. The summed E-state index contributed by atoms with van der Waals surface area (Å²) in [6.07, 6.45) is 1.65. The smallest absolute Gasteiger partial charge is 0.257 e. The first-order valence-corrected chi connectivity index (χ1v) is 6.23. The van der Waals surface area contributed by atoms with Gasteiger partial charge in [-0.1, -0.05) is 12.1 Å². The summed E-state index contributed by atoms with van der Waals surface area (Å²) in [6, 6.07) is 11.2. The molecule has 3 nitrogen and oxygen atoms in total. The van der Waals surface area contributed by atoms with Crippen LogP contribution in [0.25, 0.3) is 0 Å². The number of benzene rings is 1. The van der Waals surface area contributed by atoms with E-state index >= 15 is 0 Å². The van der Waals surface area contributed by atoms with Crippen LogP contribution in [-0.4, -0.2) is 10.9 Å². The predicted molar refractivity (Wildman–Crippen MR) is 76.1 cm³/mol. The summed E-state index contributed by atoms with van der Waals surface area (Å²) in [5.41, 5.74) is 1.64. The Labute approximate surface area is 113 Å². The minimum absolute atomic E-state index is 0.125. The first-order valence-electron chi connectivity index (χ1n) is 5.15. The monoisotopic (exact) mass is 338 g/mol. The first-order chi connectivity index (χ1) is 8.16. The van der Waals surface area contributed by atoms with Crippen LogP contribution in [0, 0.1) is 10.5 Å². The van der Waals surface area contributed by atoms with Crippen molar-refractivity contribution >= 4 is 34.3 Å². The summed E-state index contributed by atoms with van der Waals surface area (Å²) < 4.78 is 1.04. The third kappa shape index (κ3) is 3.03. The van der Waals surface area contributed by atoms with E-state index < -0.39 is 0 Å². The van der Waals surface area contributed by atoms with Crippen LogP contribution < -0.4 is 5.32 Å². The summed E-state index contributed by atoms with van der Waals surface area (Å²) in [7, 11) is 0. The molecule has 1 aromatic heterocycles. The summed E-state index contributed by atoms with van der Waals surface area (Å²) in [5, 5.41) is 2.77. The van der Waals surface area contributed by atoms with Gasteiger partial charge in [-0.05, 0) is 59.3 Å². The van der Waals surface area contributed by atoms with E-state index in [1.165, 1.54) is 0 Å². The molecule has 0 unspecified atom stereocenters. The third-order valence-electron chi connectivity index (χ3n) is 2.35. The van der Waals surface area contributed by atoms with Crippen LogP contribution >= 0.6 is 22.6 Å². The number of anilines is 1. The number of amides is 1. The van der Waals surface area contributed by atoms with E-state index in [4.69, 9.17) is 0 Å². The topological polar surface area (TPSA) is 42.0 Å². The van der Waals surface area contributed by atoms with Gasteiger partial charge in [-0.15, -0.1) is 0 Å². The van der Waals surface area contributed by atoms with Gasteiger partial charge < -0.3 is 5.32 Å². The fraction of sp³-hybridized carbons (Fsp3) is 0.0769. The molecule has 1 N–H and O–H groups in total. The van der Waals surface area contributed by atoms with Crippen LogP contribution in [-0.2, 0) is 0 Å². The number of hydrogen-bond donors (Lipinski definition) is 1. The van der Waals surface area contributed by atoms with E-state index in [1.54, 1.807) is 12.3 Å². The highest BCUT2D eigenvalue weighted by Gasteiger charge is 2.09. The average Bonchev–Trinajstić information content (AvgIpc) is 2.33. The van der Waals surface area contributed by atoms with E-state index in [1.807, 2.05) is 37.3 Å². The highest BCUT2D eigenvalue weighted by molar-refractivity contribution is 14.1.